The van der Waals surface area contributed by atoms with Gasteiger partial charge in [0.2, 0.25) is 0 Å². The van der Waals surface area contributed by atoms with Crippen LogP contribution in [-0.4, -0.2) is 30.2 Å². The minimum absolute atomic E-state index is 0.00612. The minimum Gasteiger partial charge on any atom is -0.507 e. The van der Waals surface area contributed by atoms with E-state index in [0.717, 1.165) is 5.56 Å². The molecule has 1 aromatic carbocycles. The Morgan fingerprint density at radius 2 is 2.23 bits per heavy atom. The second-order valence-electron chi connectivity index (χ2n) is 4.98. The van der Waals surface area contributed by atoms with E-state index in [-0.39, 0.29) is 5.75 Å². The molecular weight excluding hydrogens is 340 g/mol. The fourth-order valence-electron chi connectivity index (χ4n) is 2.39. The predicted molar refractivity (Wildman–Crippen MR) is 91.8 cm³/mol. The molecular formula is C15H13ClN2O2S2. The first-order valence-electron chi connectivity index (χ1n) is 6.55. The number of rotatable bonds is 3. The van der Waals surface area contributed by atoms with Gasteiger partial charge in [-0.25, -0.2) is 0 Å². The van der Waals surface area contributed by atoms with Crippen molar-refractivity contribution in [3.05, 3.63) is 58.9 Å². The van der Waals surface area contributed by atoms with Gasteiger partial charge in [0.25, 0.3) is 0 Å². The number of aromatic nitrogens is 1. The molecule has 3 rings (SSSR count). The highest BCUT2D eigenvalue weighted by Gasteiger charge is 2.45. The molecule has 0 bridgehead atoms. The van der Waals surface area contributed by atoms with Gasteiger partial charge in [0.05, 0.1) is 5.75 Å². The highest BCUT2D eigenvalue weighted by Crippen LogP contribution is 2.43. The third-order valence-corrected chi connectivity index (χ3v) is 5.34. The zero-order valence-electron chi connectivity index (χ0n) is 11.4. The van der Waals surface area contributed by atoms with Crippen molar-refractivity contribution in [3.63, 3.8) is 0 Å². The van der Waals surface area contributed by atoms with Crippen molar-refractivity contribution in [1.82, 2.24) is 9.88 Å². The summed E-state index contributed by atoms with van der Waals surface area (Å²) in [5.41, 5.74) is -0.115. The largest absolute Gasteiger partial charge is 0.507 e. The van der Waals surface area contributed by atoms with Gasteiger partial charge in [-0.1, -0.05) is 41.6 Å². The van der Waals surface area contributed by atoms with E-state index >= 15 is 0 Å². The molecule has 0 aliphatic carbocycles. The van der Waals surface area contributed by atoms with Crippen molar-refractivity contribution >= 4 is 39.9 Å². The molecule has 0 amide bonds. The van der Waals surface area contributed by atoms with Crippen molar-refractivity contribution in [3.8, 4) is 5.75 Å². The Hall–Kier alpha value is -1.34. The number of hydrogen-bond acceptors (Lipinski definition) is 5. The molecule has 22 heavy (non-hydrogen) atoms. The molecule has 2 heterocycles. The van der Waals surface area contributed by atoms with Crippen LogP contribution in [0.2, 0.25) is 5.02 Å². The summed E-state index contributed by atoms with van der Waals surface area (Å²) in [6, 6.07) is 8.37. The van der Waals surface area contributed by atoms with Gasteiger partial charge in [0.1, 0.15) is 10.1 Å². The van der Waals surface area contributed by atoms with Crippen molar-refractivity contribution in [1.29, 1.82) is 0 Å². The molecule has 7 heteroatoms. The van der Waals surface area contributed by atoms with E-state index in [0.29, 0.717) is 27.2 Å². The van der Waals surface area contributed by atoms with Gasteiger partial charge in [0.15, 0.2) is 5.72 Å². The SMILES string of the molecule is Oc1ccc(Cl)cc1C1(O)CSC(=S)N1Cc1cccnc1. The normalized spacial score (nSPS) is 21.4. The summed E-state index contributed by atoms with van der Waals surface area (Å²) in [6.07, 6.45) is 3.42. The van der Waals surface area contributed by atoms with E-state index in [9.17, 15) is 10.2 Å². The minimum atomic E-state index is -1.40. The van der Waals surface area contributed by atoms with Crippen molar-refractivity contribution in [2.24, 2.45) is 0 Å². The molecule has 2 aromatic rings. The molecule has 0 radical (unpaired) electrons. The average Bonchev–Trinajstić information content (AvgIpc) is 2.80. The Balaban J connectivity index is 2.00. The van der Waals surface area contributed by atoms with E-state index in [1.165, 1.54) is 17.8 Å². The Morgan fingerprint density at radius 3 is 2.95 bits per heavy atom. The molecule has 0 spiro atoms. The summed E-state index contributed by atoms with van der Waals surface area (Å²) < 4.78 is 0.575. The standard InChI is InChI=1S/C15H13ClN2O2S2/c16-11-3-4-13(19)12(6-11)15(20)9-22-14(21)18(15)8-10-2-1-5-17-7-10/h1-7,19-20H,8-9H2. The maximum Gasteiger partial charge on any atom is 0.179 e. The van der Waals surface area contributed by atoms with E-state index in [1.54, 1.807) is 29.4 Å². The molecule has 1 unspecified atom stereocenters. The number of nitrogens with zero attached hydrogens (tertiary/aromatic N) is 2. The highest BCUT2D eigenvalue weighted by molar-refractivity contribution is 8.23. The van der Waals surface area contributed by atoms with Gasteiger partial charge in [-0.15, -0.1) is 0 Å². The summed E-state index contributed by atoms with van der Waals surface area (Å²) in [7, 11) is 0. The summed E-state index contributed by atoms with van der Waals surface area (Å²) in [5.74, 6) is 0.327. The van der Waals surface area contributed by atoms with Crippen LogP contribution in [0, 0.1) is 0 Å². The van der Waals surface area contributed by atoms with Crippen LogP contribution in [0.4, 0.5) is 0 Å². The highest BCUT2D eigenvalue weighted by atomic mass is 35.5. The molecule has 2 N–H and O–H groups in total. The van der Waals surface area contributed by atoms with Crippen LogP contribution in [0.1, 0.15) is 11.1 Å². The Labute approximate surface area is 142 Å². The van der Waals surface area contributed by atoms with Crippen molar-refractivity contribution < 1.29 is 10.2 Å². The zero-order chi connectivity index (χ0) is 15.7. The van der Waals surface area contributed by atoms with Gasteiger partial charge in [-0.2, -0.15) is 0 Å². The van der Waals surface area contributed by atoms with E-state index < -0.39 is 5.72 Å². The van der Waals surface area contributed by atoms with Crippen LogP contribution < -0.4 is 0 Å². The first-order chi connectivity index (χ1) is 10.5. The predicted octanol–water partition coefficient (Wildman–Crippen LogP) is 3.12. The summed E-state index contributed by atoms with van der Waals surface area (Å²) in [6.45, 7) is 0.405. The van der Waals surface area contributed by atoms with Gasteiger partial charge in [-0.3, -0.25) is 4.98 Å². The molecule has 1 saturated heterocycles. The lowest BCUT2D eigenvalue weighted by atomic mass is 10.0. The molecule has 1 aliphatic rings. The number of halogens is 1. The number of thioether (sulfide) groups is 1. The van der Waals surface area contributed by atoms with Crippen LogP contribution in [0.3, 0.4) is 0 Å². The number of aromatic hydroxyl groups is 1. The lowest BCUT2D eigenvalue weighted by molar-refractivity contribution is -0.0524. The van der Waals surface area contributed by atoms with Gasteiger partial charge < -0.3 is 15.1 Å². The fraction of sp³-hybridized carbons (Fsp3) is 0.200. The number of phenolic OH excluding ortho intramolecular Hbond substituents is 1. The molecule has 4 nitrogen and oxygen atoms in total. The third kappa shape index (κ3) is 2.79. The van der Waals surface area contributed by atoms with Crippen LogP contribution in [0.5, 0.6) is 5.75 Å². The number of pyridine rings is 1. The number of thiocarbonyl (C=S) groups is 1. The second kappa shape index (κ2) is 6.04. The summed E-state index contributed by atoms with van der Waals surface area (Å²) >= 11 is 12.7. The van der Waals surface area contributed by atoms with Crippen LogP contribution in [0.15, 0.2) is 42.7 Å². The van der Waals surface area contributed by atoms with Gasteiger partial charge >= 0.3 is 0 Å². The first kappa shape index (κ1) is 15.6. The van der Waals surface area contributed by atoms with Crippen LogP contribution >= 0.6 is 35.6 Å². The van der Waals surface area contributed by atoms with E-state index in [1.807, 2.05) is 12.1 Å². The lowest BCUT2D eigenvalue weighted by Gasteiger charge is -2.34. The second-order valence-corrected chi connectivity index (χ2v) is 7.03. The monoisotopic (exact) mass is 352 g/mol. The first-order valence-corrected chi connectivity index (χ1v) is 8.32. The summed E-state index contributed by atoms with van der Waals surface area (Å²) in [4.78, 5) is 5.76. The van der Waals surface area contributed by atoms with Crippen molar-refractivity contribution in [2.45, 2.75) is 12.3 Å². The number of phenols is 1. The molecule has 1 aliphatic heterocycles. The molecule has 1 fully saturated rings. The Bertz CT molecular complexity index is 714. The van der Waals surface area contributed by atoms with Crippen LogP contribution in [0.25, 0.3) is 0 Å². The van der Waals surface area contributed by atoms with Crippen LogP contribution in [-0.2, 0) is 12.3 Å². The molecule has 1 atom stereocenters. The summed E-state index contributed by atoms with van der Waals surface area (Å²) in [5, 5.41) is 21.7. The Kier molecular flexibility index (Phi) is 4.27. The molecule has 0 saturated carbocycles. The maximum atomic E-state index is 11.1. The Morgan fingerprint density at radius 1 is 1.41 bits per heavy atom. The fourth-order valence-corrected chi connectivity index (χ4v) is 3.96. The quantitative estimate of drug-likeness (QED) is 0.828. The topological polar surface area (TPSA) is 56.6 Å². The molecule has 114 valence electrons. The number of hydrogen-bond donors (Lipinski definition) is 2. The van der Waals surface area contributed by atoms with E-state index in [2.05, 4.69) is 4.98 Å². The molecule has 1 aromatic heterocycles. The average molecular weight is 353 g/mol. The van der Waals surface area contributed by atoms with E-state index in [4.69, 9.17) is 23.8 Å². The van der Waals surface area contributed by atoms with Crippen molar-refractivity contribution in [2.75, 3.05) is 5.75 Å². The smallest absolute Gasteiger partial charge is 0.179 e. The van der Waals surface area contributed by atoms with Gasteiger partial charge in [-0.05, 0) is 29.8 Å². The van der Waals surface area contributed by atoms with Gasteiger partial charge in [0, 0.05) is 29.5 Å². The zero-order valence-corrected chi connectivity index (χ0v) is 13.8. The number of aliphatic hydroxyl groups is 1. The maximum absolute atomic E-state index is 11.1. The number of benzene rings is 1. The lowest BCUT2D eigenvalue weighted by Crippen LogP contribution is -2.44. The third-order valence-electron chi connectivity index (χ3n) is 3.52.